The molecule has 0 aromatic heterocycles. The lowest BCUT2D eigenvalue weighted by Gasteiger charge is -2.58. The van der Waals surface area contributed by atoms with Crippen LogP contribution in [0.25, 0.3) is 0 Å². The molecule has 4 saturated carbocycles. The quantitative estimate of drug-likeness (QED) is 0.636. The summed E-state index contributed by atoms with van der Waals surface area (Å²) in [6.07, 6.45) is 8.68. The molecule has 2 heteroatoms. The largest absolute Gasteiger partial charge is 0.214 e. The highest BCUT2D eigenvalue weighted by Crippen LogP contribution is 2.58. The van der Waals surface area contributed by atoms with Crippen molar-refractivity contribution in [3.8, 4) is 0 Å². The average molecular weight is 214 g/mol. The van der Waals surface area contributed by atoms with Gasteiger partial charge >= 0.3 is 0 Å². The molecule has 80 valence electrons. The summed E-state index contributed by atoms with van der Waals surface area (Å²) in [5.41, 5.74) is 0.408. The lowest BCUT2D eigenvalue weighted by atomic mass is 9.53. The fourth-order valence-electron chi connectivity index (χ4n) is 4.70. The van der Waals surface area contributed by atoms with Gasteiger partial charge in [-0.1, -0.05) is 6.92 Å². The van der Waals surface area contributed by atoms with E-state index in [4.69, 9.17) is 11.8 Å². The molecule has 0 amide bonds. The molecule has 4 bridgehead atoms. The molecule has 0 aromatic carbocycles. The maximum Gasteiger partial charge on any atom is 0.0370 e. The Morgan fingerprint density at radius 2 is 1.50 bits per heavy atom. The van der Waals surface area contributed by atoms with Crippen LogP contribution in [0.2, 0.25) is 0 Å². The van der Waals surface area contributed by atoms with Crippen LogP contribution in [0.3, 0.4) is 0 Å². The number of nitrogens with zero attached hydrogens (tertiary/aromatic N) is 1. The van der Waals surface area contributed by atoms with Gasteiger partial charge in [0.2, 0.25) is 0 Å². The Morgan fingerprint density at radius 1 is 1.07 bits per heavy atom. The predicted molar refractivity (Wildman–Crippen MR) is 59.1 cm³/mol. The Labute approximate surface area is 91.9 Å². The molecule has 14 heavy (non-hydrogen) atoms. The van der Waals surface area contributed by atoms with Gasteiger partial charge in [-0.15, -0.1) is 0 Å². The topological polar surface area (TPSA) is 3.24 Å². The molecule has 0 atom stereocenters. The van der Waals surface area contributed by atoms with Crippen molar-refractivity contribution in [1.29, 1.82) is 0 Å². The number of hydrogen-bond donors (Lipinski definition) is 0. The van der Waals surface area contributed by atoms with E-state index in [-0.39, 0.29) is 0 Å². The Kier molecular flexibility index (Phi) is 2.11. The monoisotopic (exact) mass is 213 g/mol. The molecule has 0 spiro atoms. The van der Waals surface area contributed by atoms with Crippen molar-refractivity contribution in [2.45, 2.75) is 51.0 Å². The molecule has 0 N–H and O–H groups in total. The standard InChI is InChI=1S/C12H20ClN/c1-2-14(13)12-6-9-3-10(7-12)5-11(4-9)8-12/h9-11H,2-8H2,1H3. The van der Waals surface area contributed by atoms with Crippen molar-refractivity contribution in [2.75, 3.05) is 6.54 Å². The highest BCUT2D eigenvalue weighted by atomic mass is 35.5. The van der Waals surface area contributed by atoms with E-state index in [0.29, 0.717) is 5.54 Å². The summed E-state index contributed by atoms with van der Waals surface area (Å²) < 4.78 is 2.14. The molecule has 4 aliphatic carbocycles. The van der Waals surface area contributed by atoms with E-state index >= 15 is 0 Å². The van der Waals surface area contributed by atoms with Crippen molar-refractivity contribution in [3.63, 3.8) is 0 Å². The summed E-state index contributed by atoms with van der Waals surface area (Å²) in [5, 5.41) is 0. The van der Waals surface area contributed by atoms with Gasteiger partial charge < -0.3 is 0 Å². The molecule has 0 aliphatic heterocycles. The lowest BCUT2D eigenvalue weighted by molar-refractivity contribution is -0.0549. The van der Waals surface area contributed by atoms with E-state index in [9.17, 15) is 0 Å². The van der Waals surface area contributed by atoms with Crippen LogP contribution >= 0.6 is 11.8 Å². The molecule has 0 radical (unpaired) electrons. The minimum Gasteiger partial charge on any atom is -0.214 e. The number of halogens is 1. The van der Waals surface area contributed by atoms with E-state index in [1.165, 1.54) is 38.5 Å². The first-order valence-electron chi connectivity index (χ1n) is 6.15. The van der Waals surface area contributed by atoms with Gasteiger partial charge in [0.15, 0.2) is 0 Å². The van der Waals surface area contributed by atoms with Crippen molar-refractivity contribution in [3.05, 3.63) is 0 Å². The minimum atomic E-state index is 0.408. The van der Waals surface area contributed by atoms with Crippen LogP contribution < -0.4 is 0 Å². The second-order valence-corrected chi connectivity index (χ2v) is 6.23. The van der Waals surface area contributed by atoms with Gasteiger partial charge in [0.05, 0.1) is 0 Å². The normalized spacial score (nSPS) is 50.4. The Hall–Kier alpha value is 0.250. The summed E-state index contributed by atoms with van der Waals surface area (Å²) >= 11 is 6.42. The molecule has 0 saturated heterocycles. The van der Waals surface area contributed by atoms with Crippen LogP contribution in [0, 0.1) is 17.8 Å². The van der Waals surface area contributed by atoms with E-state index < -0.39 is 0 Å². The molecule has 4 rings (SSSR count). The third-order valence-corrected chi connectivity index (χ3v) is 5.40. The minimum absolute atomic E-state index is 0.408. The van der Waals surface area contributed by atoms with Crippen LogP contribution in [0.15, 0.2) is 0 Å². The number of hydrogen-bond acceptors (Lipinski definition) is 1. The Balaban J connectivity index is 1.87. The second kappa shape index (κ2) is 3.12. The highest BCUT2D eigenvalue weighted by Gasteiger charge is 2.53. The predicted octanol–water partition coefficient (Wildman–Crippen LogP) is 3.43. The van der Waals surface area contributed by atoms with Crippen molar-refractivity contribution in [1.82, 2.24) is 4.42 Å². The Morgan fingerprint density at radius 3 is 1.86 bits per heavy atom. The van der Waals surface area contributed by atoms with Gasteiger partial charge in [-0.2, -0.15) is 0 Å². The molecular weight excluding hydrogens is 194 g/mol. The summed E-state index contributed by atoms with van der Waals surface area (Å²) in [7, 11) is 0. The maximum absolute atomic E-state index is 6.42. The van der Waals surface area contributed by atoms with E-state index in [1.54, 1.807) is 0 Å². The first kappa shape index (κ1) is 9.47. The van der Waals surface area contributed by atoms with Crippen molar-refractivity contribution in [2.24, 2.45) is 17.8 Å². The van der Waals surface area contributed by atoms with E-state index in [1.807, 2.05) is 0 Å². The van der Waals surface area contributed by atoms with Gasteiger partial charge in [-0.3, -0.25) is 0 Å². The van der Waals surface area contributed by atoms with Crippen LogP contribution in [-0.2, 0) is 0 Å². The lowest BCUT2D eigenvalue weighted by Crippen LogP contribution is -2.57. The van der Waals surface area contributed by atoms with Crippen molar-refractivity contribution < 1.29 is 0 Å². The molecule has 1 nitrogen and oxygen atoms in total. The first-order chi connectivity index (χ1) is 6.72. The SMILES string of the molecule is CCN(Cl)C12CC3CC(CC(C3)C1)C2. The van der Waals surface area contributed by atoms with Crippen molar-refractivity contribution >= 4 is 11.8 Å². The van der Waals surface area contributed by atoms with Gasteiger partial charge in [0, 0.05) is 12.1 Å². The smallest absolute Gasteiger partial charge is 0.0370 e. The van der Waals surface area contributed by atoms with Gasteiger partial charge in [-0.25, -0.2) is 4.42 Å². The van der Waals surface area contributed by atoms with Crippen LogP contribution in [-0.4, -0.2) is 16.5 Å². The van der Waals surface area contributed by atoms with Crippen LogP contribution in [0.5, 0.6) is 0 Å². The fraction of sp³-hybridized carbons (Fsp3) is 1.00. The molecule has 4 aliphatic rings. The summed E-state index contributed by atoms with van der Waals surface area (Å²) in [6.45, 7) is 3.19. The fourth-order valence-corrected chi connectivity index (χ4v) is 4.90. The van der Waals surface area contributed by atoms with Gasteiger partial charge in [0.25, 0.3) is 0 Å². The molecule has 0 heterocycles. The maximum atomic E-state index is 6.42. The van der Waals surface area contributed by atoms with Gasteiger partial charge in [0.1, 0.15) is 0 Å². The molecule has 4 fully saturated rings. The molecule has 0 aromatic rings. The van der Waals surface area contributed by atoms with E-state index in [2.05, 4.69) is 11.3 Å². The molecular formula is C12H20ClN. The zero-order valence-corrected chi connectivity index (χ0v) is 9.76. The summed E-state index contributed by atoms with van der Waals surface area (Å²) in [5.74, 6) is 3.03. The van der Waals surface area contributed by atoms with Crippen LogP contribution in [0.4, 0.5) is 0 Å². The number of rotatable bonds is 2. The van der Waals surface area contributed by atoms with Gasteiger partial charge in [-0.05, 0) is 68.1 Å². The van der Waals surface area contributed by atoms with E-state index in [0.717, 1.165) is 24.3 Å². The zero-order valence-electron chi connectivity index (χ0n) is 9.01. The first-order valence-corrected chi connectivity index (χ1v) is 6.49. The zero-order chi connectivity index (χ0) is 9.76. The Bertz CT molecular complexity index is 203. The average Bonchev–Trinajstić information content (AvgIpc) is 2.14. The van der Waals surface area contributed by atoms with Crippen LogP contribution in [0.1, 0.15) is 45.4 Å². The third kappa shape index (κ3) is 1.25. The summed E-state index contributed by atoms with van der Waals surface area (Å²) in [4.78, 5) is 0. The molecule has 0 unspecified atom stereocenters. The summed E-state index contributed by atoms with van der Waals surface area (Å²) in [6, 6.07) is 0. The highest BCUT2D eigenvalue weighted by molar-refractivity contribution is 6.13. The third-order valence-electron chi connectivity index (χ3n) is 4.80. The second-order valence-electron chi connectivity index (χ2n) is 5.82.